The molecule has 2 aromatic rings. The summed E-state index contributed by atoms with van der Waals surface area (Å²) in [5, 5.41) is 38.8. The number of esters is 1. The highest BCUT2D eigenvalue weighted by Gasteiger charge is 2.36. The van der Waals surface area contributed by atoms with Crippen LogP contribution in [-0.2, 0) is 16.0 Å². The lowest BCUT2D eigenvalue weighted by Gasteiger charge is -2.33. The van der Waals surface area contributed by atoms with Crippen LogP contribution in [0.3, 0.4) is 0 Å². The first-order valence-corrected chi connectivity index (χ1v) is 7.26. The van der Waals surface area contributed by atoms with Crippen LogP contribution in [0.2, 0.25) is 0 Å². The van der Waals surface area contributed by atoms with Gasteiger partial charge in [0.1, 0.15) is 6.10 Å². The summed E-state index contributed by atoms with van der Waals surface area (Å²) >= 11 is 0. The molecule has 0 fully saturated rings. The van der Waals surface area contributed by atoms with Gasteiger partial charge in [0.2, 0.25) is 5.75 Å². The average molecular weight is 332 g/mol. The minimum absolute atomic E-state index is 0.0935. The van der Waals surface area contributed by atoms with E-state index < -0.39 is 23.9 Å². The predicted molar refractivity (Wildman–Crippen MR) is 82.2 cm³/mol. The molecule has 3 rings (SSSR count). The van der Waals surface area contributed by atoms with Gasteiger partial charge in [-0.1, -0.05) is 12.1 Å². The quantitative estimate of drug-likeness (QED) is 0.491. The molecule has 0 amide bonds. The van der Waals surface area contributed by atoms with Gasteiger partial charge in [0.25, 0.3) is 0 Å². The second-order valence-electron chi connectivity index (χ2n) is 5.56. The predicted octanol–water partition coefficient (Wildman–Crippen LogP) is 2.12. The molecule has 0 saturated heterocycles. The van der Waals surface area contributed by atoms with Gasteiger partial charge in [-0.3, -0.25) is 4.79 Å². The van der Waals surface area contributed by atoms with Crippen molar-refractivity contribution in [3.05, 3.63) is 41.5 Å². The third-order valence-corrected chi connectivity index (χ3v) is 3.84. The van der Waals surface area contributed by atoms with Crippen molar-refractivity contribution in [1.29, 1.82) is 0 Å². The molecule has 0 aromatic heterocycles. The van der Waals surface area contributed by atoms with E-state index in [1.807, 2.05) is 0 Å². The van der Waals surface area contributed by atoms with Gasteiger partial charge in [0.15, 0.2) is 29.1 Å². The molecular formula is C17H16O7. The Labute approximate surface area is 137 Å². The van der Waals surface area contributed by atoms with E-state index in [2.05, 4.69) is 0 Å². The maximum Gasteiger partial charge on any atom is 0.303 e. The fourth-order valence-electron chi connectivity index (χ4n) is 2.74. The van der Waals surface area contributed by atoms with E-state index in [-0.39, 0.29) is 29.4 Å². The number of benzene rings is 2. The normalized spacial score (nSPS) is 19.2. The van der Waals surface area contributed by atoms with Gasteiger partial charge in [-0.15, -0.1) is 0 Å². The number of carbonyl (C=O) groups excluding carboxylic acids is 1. The summed E-state index contributed by atoms with van der Waals surface area (Å²) in [4.78, 5) is 11.4. The van der Waals surface area contributed by atoms with E-state index in [1.165, 1.54) is 31.2 Å². The van der Waals surface area contributed by atoms with Crippen LogP contribution in [0.4, 0.5) is 0 Å². The van der Waals surface area contributed by atoms with Gasteiger partial charge in [-0.2, -0.15) is 0 Å². The number of phenolic OH excluding ortho intramolecular Hbond substituents is 4. The van der Waals surface area contributed by atoms with Crippen LogP contribution in [0.1, 0.15) is 24.2 Å². The molecule has 1 heterocycles. The van der Waals surface area contributed by atoms with Crippen molar-refractivity contribution in [2.24, 2.45) is 0 Å². The summed E-state index contributed by atoms with van der Waals surface area (Å²) in [6.07, 6.45) is -1.25. The van der Waals surface area contributed by atoms with Crippen molar-refractivity contribution in [3.8, 4) is 28.7 Å². The van der Waals surface area contributed by atoms with Crippen molar-refractivity contribution in [2.75, 3.05) is 0 Å². The van der Waals surface area contributed by atoms with Crippen LogP contribution < -0.4 is 4.74 Å². The fraction of sp³-hybridized carbons (Fsp3) is 0.235. The van der Waals surface area contributed by atoms with Crippen LogP contribution in [0.5, 0.6) is 28.7 Å². The number of carbonyl (C=O) groups is 1. The van der Waals surface area contributed by atoms with Gasteiger partial charge >= 0.3 is 5.97 Å². The molecule has 0 bridgehead atoms. The Bertz CT molecular complexity index is 800. The first-order chi connectivity index (χ1) is 11.4. The van der Waals surface area contributed by atoms with Crippen LogP contribution in [0.15, 0.2) is 30.3 Å². The summed E-state index contributed by atoms with van der Waals surface area (Å²) in [7, 11) is 0. The van der Waals surface area contributed by atoms with E-state index in [0.717, 1.165) is 0 Å². The number of aromatic hydroxyl groups is 4. The maximum absolute atomic E-state index is 11.4. The third-order valence-electron chi connectivity index (χ3n) is 3.84. The first kappa shape index (κ1) is 15.8. The van der Waals surface area contributed by atoms with Crippen LogP contribution in [0, 0.1) is 0 Å². The zero-order chi connectivity index (χ0) is 17.4. The van der Waals surface area contributed by atoms with Gasteiger partial charge < -0.3 is 29.9 Å². The molecule has 0 spiro atoms. The lowest BCUT2D eigenvalue weighted by molar-refractivity contribution is -0.152. The lowest BCUT2D eigenvalue weighted by atomic mass is 9.94. The molecule has 2 atom stereocenters. The van der Waals surface area contributed by atoms with Gasteiger partial charge in [-0.05, 0) is 18.2 Å². The van der Waals surface area contributed by atoms with Crippen molar-refractivity contribution < 1.29 is 34.7 Å². The first-order valence-electron chi connectivity index (χ1n) is 7.26. The molecule has 126 valence electrons. The second kappa shape index (κ2) is 5.84. The third kappa shape index (κ3) is 2.76. The van der Waals surface area contributed by atoms with Crippen LogP contribution >= 0.6 is 0 Å². The molecule has 7 nitrogen and oxygen atoms in total. The minimum atomic E-state index is -0.819. The Kier molecular flexibility index (Phi) is 3.84. The Balaban J connectivity index is 2.05. The highest BCUT2D eigenvalue weighted by Crippen LogP contribution is 2.46. The van der Waals surface area contributed by atoms with Crippen molar-refractivity contribution >= 4 is 5.97 Å². The molecule has 2 aromatic carbocycles. The standard InChI is InChI=1S/C17H16O7/c1-8(18)23-14-7-10-3-5-12(20)15(22)17(10)24-16(14)9-2-4-11(19)13(21)6-9/h2-6,14,16,19-22H,7H2,1H3/t14-,16+/m1/s1. The Morgan fingerprint density at radius 1 is 1.08 bits per heavy atom. The largest absolute Gasteiger partial charge is 0.504 e. The molecule has 4 N–H and O–H groups in total. The van der Waals surface area contributed by atoms with E-state index in [4.69, 9.17) is 9.47 Å². The lowest BCUT2D eigenvalue weighted by Crippen LogP contribution is -2.34. The number of ether oxygens (including phenoxy) is 2. The zero-order valence-corrected chi connectivity index (χ0v) is 12.8. The fourth-order valence-corrected chi connectivity index (χ4v) is 2.74. The summed E-state index contributed by atoms with van der Waals surface area (Å²) in [5.41, 5.74) is 1.03. The van der Waals surface area contributed by atoms with Crippen molar-refractivity contribution in [1.82, 2.24) is 0 Å². The van der Waals surface area contributed by atoms with E-state index >= 15 is 0 Å². The zero-order valence-electron chi connectivity index (χ0n) is 12.8. The summed E-state index contributed by atoms with van der Waals surface area (Å²) < 4.78 is 11.1. The highest BCUT2D eigenvalue weighted by atomic mass is 16.6. The second-order valence-corrected chi connectivity index (χ2v) is 5.56. The van der Waals surface area contributed by atoms with E-state index in [9.17, 15) is 25.2 Å². The number of hydrogen-bond acceptors (Lipinski definition) is 7. The van der Waals surface area contributed by atoms with Gasteiger partial charge in [0.05, 0.1) is 0 Å². The van der Waals surface area contributed by atoms with Gasteiger partial charge in [-0.25, -0.2) is 0 Å². The summed E-state index contributed by atoms with van der Waals surface area (Å²) in [6, 6.07) is 7.00. The molecule has 0 radical (unpaired) electrons. The molecule has 1 aliphatic rings. The minimum Gasteiger partial charge on any atom is -0.504 e. The molecule has 0 saturated carbocycles. The van der Waals surface area contributed by atoms with Crippen molar-refractivity contribution in [2.45, 2.75) is 25.6 Å². The molecular weight excluding hydrogens is 316 g/mol. The summed E-state index contributed by atoms with van der Waals surface area (Å²) in [5.74, 6) is -1.77. The van der Waals surface area contributed by atoms with E-state index in [1.54, 1.807) is 6.07 Å². The highest BCUT2D eigenvalue weighted by molar-refractivity contribution is 5.66. The Morgan fingerprint density at radius 2 is 1.79 bits per heavy atom. The van der Waals surface area contributed by atoms with Gasteiger partial charge in [0, 0.05) is 24.5 Å². The van der Waals surface area contributed by atoms with Crippen LogP contribution in [0.25, 0.3) is 0 Å². The topological polar surface area (TPSA) is 116 Å². The van der Waals surface area contributed by atoms with Crippen molar-refractivity contribution in [3.63, 3.8) is 0 Å². The Hall–Kier alpha value is -3.09. The average Bonchev–Trinajstić information content (AvgIpc) is 2.53. The van der Waals surface area contributed by atoms with Crippen LogP contribution in [-0.4, -0.2) is 32.5 Å². The number of rotatable bonds is 2. The summed E-state index contributed by atoms with van der Waals surface area (Å²) in [6.45, 7) is 1.27. The number of fused-ring (bicyclic) bond motifs is 1. The molecule has 0 unspecified atom stereocenters. The monoisotopic (exact) mass is 332 g/mol. The number of hydrogen-bond donors (Lipinski definition) is 4. The molecule has 24 heavy (non-hydrogen) atoms. The Morgan fingerprint density at radius 3 is 2.46 bits per heavy atom. The SMILES string of the molecule is CC(=O)O[C@@H]1Cc2ccc(O)c(O)c2O[C@H]1c1ccc(O)c(O)c1. The maximum atomic E-state index is 11.4. The molecule has 7 heteroatoms. The molecule has 1 aliphatic heterocycles. The van der Waals surface area contributed by atoms with E-state index in [0.29, 0.717) is 11.1 Å². The molecule has 0 aliphatic carbocycles. The number of phenols is 4. The smallest absolute Gasteiger partial charge is 0.303 e.